The Labute approximate surface area is 110 Å². The fraction of sp³-hybridized carbons (Fsp3) is 0.929. The molecule has 4 nitrogen and oxygen atoms in total. The van der Waals surface area contributed by atoms with Crippen LogP contribution in [0.25, 0.3) is 0 Å². The van der Waals surface area contributed by atoms with Gasteiger partial charge in [-0.25, -0.2) is 0 Å². The largest absolute Gasteiger partial charge is 0.481 e. The van der Waals surface area contributed by atoms with Crippen molar-refractivity contribution in [2.24, 2.45) is 0 Å². The van der Waals surface area contributed by atoms with Crippen LogP contribution in [0.3, 0.4) is 0 Å². The molecule has 0 saturated heterocycles. The van der Waals surface area contributed by atoms with Crippen LogP contribution < -0.4 is 5.32 Å². The number of hydrogen-bond donors (Lipinski definition) is 3. The van der Waals surface area contributed by atoms with Crippen molar-refractivity contribution in [3.8, 4) is 0 Å². The van der Waals surface area contributed by atoms with Crippen molar-refractivity contribution in [2.45, 2.75) is 76.4 Å². The summed E-state index contributed by atoms with van der Waals surface area (Å²) in [5.41, 5.74) is 0. The van der Waals surface area contributed by atoms with Crippen LogP contribution in [0, 0.1) is 0 Å². The highest BCUT2D eigenvalue weighted by molar-refractivity contribution is 5.66. The van der Waals surface area contributed by atoms with Gasteiger partial charge in [-0.15, -0.1) is 0 Å². The molecule has 0 aromatic rings. The lowest BCUT2D eigenvalue weighted by molar-refractivity contribution is -0.137. The van der Waals surface area contributed by atoms with E-state index in [9.17, 15) is 9.90 Å². The van der Waals surface area contributed by atoms with Gasteiger partial charge in [-0.3, -0.25) is 4.79 Å². The fourth-order valence-corrected chi connectivity index (χ4v) is 2.59. The molecule has 1 aliphatic rings. The zero-order valence-corrected chi connectivity index (χ0v) is 11.2. The van der Waals surface area contributed by atoms with Crippen molar-refractivity contribution in [2.75, 3.05) is 6.54 Å². The summed E-state index contributed by atoms with van der Waals surface area (Å²) in [6.45, 7) is 1.02. The Kier molecular flexibility index (Phi) is 8.01. The molecule has 1 rings (SSSR count). The highest BCUT2D eigenvalue weighted by Gasteiger charge is 2.18. The van der Waals surface area contributed by atoms with Crippen LogP contribution in [0.2, 0.25) is 0 Å². The molecular weight excluding hydrogens is 230 g/mol. The van der Waals surface area contributed by atoms with E-state index < -0.39 is 5.97 Å². The third-order valence-electron chi connectivity index (χ3n) is 3.65. The van der Waals surface area contributed by atoms with Crippen molar-refractivity contribution < 1.29 is 15.0 Å². The highest BCUT2D eigenvalue weighted by atomic mass is 16.4. The summed E-state index contributed by atoms with van der Waals surface area (Å²) in [6.07, 6.45) is 9.66. The van der Waals surface area contributed by atoms with Crippen molar-refractivity contribution in [3.05, 3.63) is 0 Å². The van der Waals surface area contributed by atoms with E-state index in [2.05, 4.69) is 5.32 Å². The monoisotopic (exact) mass is 257 g/mol. The van der Waals surface area contributed by atoms with Gasteiger partial charge in [0.2, 0.25) is 0 Å². The van der Waals surface area contributed by atoms with Crippen LogP contribution in [0.15, 0.2) is 0 Å². The lowest BCUT2D eigenvalue weighted by Gasteiger charge is -2.26. The zero-order valence-electron chi connectivity index (χ0n) is 11.2. The summed E-state index contributed by atoms with van der Waals surface area (Å²) in [7, 11) is 0. The first-order valence-corrected chi connectivity index (χ1v) is 7.31. The number of rotatable bonds is 9. The first kappa shape index (κ1) is 15.4. The van der Waals surface area contributed by atoms with E-state index >= 15 is 0 Å². The van der Waals surface area contributed by atoms with Gasteiger partial charge in [-0.2, -0.15) is 0 Å². The molecule has 3 N–H and O–H groups in total. The van der Waals surface area contributed by atoms with Gasteiger partial charge in [0.05, 0.1) is 6.10 Å². The average molecular weight is 257 g/mol. The third kappa shape index (κ3) is 7.67. The third-order valence-corrected chi connectivity index (χ3v) is 3.65. The molecule has 2 atom stereocenters. The van der Waals surface area contributed by atoms with Gasteiger partial charge in [0, 0.05) is 12.5 Å². The van der Waals surface area contributed by atoms with Crippen LogP contribution in [0.5, 0.6) is 0 Å². The number of unbranched alkanes of at least 4 members (excludes halogenated alkanes) is 4. The minimum absolute atomic E-state index is 0.104. The van der Waals surface area contributed by atoms with Gasteiger partial charge in [0.1, 0.15) is 0 Å². The molecule has 1 saturated carbocycles. The van der Waals surface area contributed by atoms with Crippen LogP contribution in [-0.2, 0) is 4.79 Å². The SMILES string of the molecule is O=C(O)CCCCCCCNC1CCCC(O)C1. The van der Waals surface area contributed by atoms with Gasteiger partial charge < -0.3 is 15.5 Å². The maximum atomic E-state index is 10.3. The summed E-state index contributed by atoms with van der Waals surface area (Å²) in [4.78, 5) is 10.3. The van der Waals surface area contributed by atoms with Crippen LogP contribution in [-0.4, -0.2) is 34.9 Å². The van der Waals surface area contributed by atoms with Gasteiger partial charge >= 0.3 is 5.97 Å². The summed E-state index contributed by atoms with van der Waals surface area (Å²) in [5, 5.41) is 21.5. The molecule has 1 fully saturated rings. The lowest BCUT2D eigenvalue weighted by Crippen LogP contribution is -2.36. The molecule has 4 heteroatoms. The smallest absolute Gasteiger partial charge is 0.303 e. The Bertz CT molecular complexity index is 233. The van der Waals surface area contributed by atoms with Gasteiger partial charge in [-0.1, -0.05) is 19.3 Å². The topological polar surface area (TPSA) is 69.6 Å². The number of aliphatic hydroxyl groups excluding tert-OH is 1. The van der Waals surface area contributed by atoms with E-state index in [0.29, 0.717) is 12.5 Å². The average Bonchev–Trinajstić information content (AvgIpc) is 2.32. The number of carboxylic acid groups (broad SMARTS) is 1. The van der Waals surface area contributed by atoms with Gasteiger partial charge in [0.15, 0.2) is 0 Å². The Morgan fingerprint density at radius 3 is 2.56 bits per heavy atom. The molecule has 0 spiro atoms. The molecule has 0 aliphatic heterocycles. The van der Waals surface area contributed by atoms with Crippen LogP contribution in [0.4, 0.5) is 0 Å². The van der Waals surface area contributed by atoms with Crippen molar-refractivity contribution in [3.63, 3.8) is 0 Å². The quantitative estimate of drug-likeness (QED) is 0.554. The number of aliphatic hydroxyl groups is 1. The van der Waals surface area contributed by atoms with Crippen molar-refractivity contribution in [1.82, 2.24) is 5.32 Å². The molecule has 0 bridgehead atoms. The van der Waals surface area contributed by atoms with Crippen LogP contribution >= 0.6 is 0 Å². The molecule has 18 heavy (non-hydrogen) atoms. The second-order valence-corrected chi connectivity index (χ2v) is 5.38. The molecule has 0 aromatic carbocycles. The Balaban J connectivity index is 1.85. The van der Waals surface area contributed by atoms with E-state index in [1.54, 1.807) is 0 Å². The van der Waals surface area contributed by atoms with Gasteiger partial charge in [0.25, 0.3) is 0 Å². The van der Waals surface area contributed by atoms with Crippen molar-refractivity contribution in [1.29, 1.82) is 0 Å². The Hall–Kier alpha value is -0.610. The van der Waals surface area contributed by atoms with E-state index in [4.69, 9.17) is 5.11 Å². The molecule has 1 aliphatic carbocycles. The van der Waals surface area contributed by atoms with Gasteiger partial charge in [-0.05, 0) is 45.1 Å². The maximum absolute atomic E-state index is 10.3. The zero-order chi connectivity index (χ0) is 13.2. The summed E-state index contributed by atoms with van der Waals surface area (Å²) in [6, 6.07) is 0.501. The summed E-state index contributed by atoms with van der Waals surface area (Å²) >= 11 is 0. The van der Waals surface area contributed by atoms with Crippen molar-refractivity contribution >= 4 is 5.97 Å². The first-order chi connectivity index (χ1) is 8.68. The number of hydrogen-bond acceptors (Lipinski definition) is 3. The molecule has 2 unspecified atom stereocenters. The standard InChI is InChI=1S/C14H27NO3/c16-13-8-6-7-12(11-13)15-10-5-3-1-2-4-9-14(17)18/h12-13,15-16H,1-11H2,(H,17,18). The summed E-state index contributed by atoms with van der Waals surface area (Å²) in [5.74, 6) is -0.687. The number of nitrogens with one attached hydrogen (secondary N) is 1. The second kappa shape index (κ2) is 9.34. The maximum Gasteiger partial charge on any atom is 0.303 e. The Morgan fingerprint density at radius 2 is 1.83 bits per heavy atom. The predicted octanol–water partition coefficient (Wildman–Crippen LogP) is 2.30. The first-order valence-electron chi connectivity index (χ1n) is 7.31. The number of aliphatic carboxylic acids is 1. The predicted molar refractivity (Wildman–Crippen MR) is 71.6 cm³/mol. The minimum atomic E-state index is -0.687. The minimum Gasteiger partial charge on any atom is -0.481 e. The molecular formula is C14H27NO3. The fourth-order valence-electron chi connectivity index (χ4n) is 2.59. The molecule has 0 heterocycles. The second-order valence-electron chi connectivity index (χ2n) is 5.38. The van der Waals surface area contributed by atoms with E-state index in [-0.39, 0.29) is 6.10 Å². The van der Waals surface area contributed by atoms with E-state index in [0.717, 1.165) is 51.5 Å². The highest BCUT2D eigenvalue weighted by Crippen LogP contribution is 2.18. The summed E-state index contributed by atoms with van der Waals surface area (Å²) < 4.78 is 0. The number of carboxylic acids is 1. The molecule has 0 amide bonds. The molecule has 0 aromatic heterocycles. The normalized spacial score (nSPS) is 24.1. The Morgan fingerprint density at radius 1 is 1.11 bits per heavy atom. The lowest BCUT2D eigenvalue weighted by atomic mass is 9.93. The molecule has 106 valence electrons. The van der Waals surface area contributed by atoms with E-state index in [1.807, 2.05) is 0 Å². The van der Waals surface area contributed by atoms with E-state index in [1.165, 1.54) is 12.8 Å². The number of carbonyl (C=O) groups is 1. The molecule has 0 radical (unpaired) electrons. The van der Waals surface area contributed by atoms with Crippen LogP contribution in [0.1, 0.15) is 64.2 Å².